The number of carbonyl (C=O) groups is 1. The van der Waals surface area contributed by atoms with E-state index in [2.05, 4.69) is 27.0 Å². The second-order valence-corrected chi connectivity index (χ2v) is 6.24. The Morgan fingerprint density at radius 1 is 1.32 bits per heavy atom. The number of aromatic nitrogens is 2. The number of hydrogen-bond donors (Lipinski definition) is 4. The van der Waals surface area contributed by atoms with Crippen LogP contribution in [-0.2, 0) is 0 Å². The van der Waals surface area contributed by atoms with Gasteiger partial charge in [0.15, 0.2) is 5.69 Å². The van der Waals surface area contributed by atoms with Crippen LogP contribution >= 0.6 is 0 Å². The number of nitrogens with zero attached hydrogens (tertiary/aromatic N) is 3. The van der Waals surface area contributed by atoms with Crippen molar-refractivity contribution in [3.8, 4) is 5.69 Å². The molecule has 1 fully saturated rings. The number of halogens is 1. The van der Waals surface area contributed by atoms with Gasteiger partial charge in [0.1, 0.15) is 5.82 Å². The molecule has 2 heterocycles. The van der Waals surface area contributed by atoms with E-state index in [1.54, 1.807) is 34.8 Å². The van der Waals surface area contributed by atoms with E-state index in [-0.39, 0.29) is 23.8 Å². The molecule has 134 valence electrons. The molecule has 1 aliphatic rings. The van der Waals surface area contributed by atoms with Gasteiger partial charge in [-0.05, 0) is 37.3 Å². The number of benzene rings is 1. The molecule has 0 radical (unpaired) electrons. The van der Waals surface area contributed by atoms with E-state index in [1.807, 2.05) is 13.8 Å². The molecule has 2 aromatic rings. The molecular formula is C16H22FN7O. The van der Waals surface area contributed by atoms with Crippen LogP contribution in [0.25, 0.3) is 5.69 Å². The number of hydrazine groups is 3. The fourth-order valence-corrected chi connectivity index (χ4v) is 2.79. The van der Waals surface area contributed by atoms with Gasteiger partial charge in [-0.1, -0.05) is 6.92 Å². The number of rotatable bonds is 5. The number of carbonyl (C=O) groups excluding carboxylic acids is 1. The number of amides is 1. The lowest BCUT2D eigenvalue weighted by molar-refractivity contribution is 0.0758. The van der Waals surface area contributed by atoms with Crippen molar-refractivity contribution in [2.75, 3.05) is 13.6 Å². The summed E-state index contributed by atoms with van der Waals surface area (Å²) in [7, 11) is 1.75. The van der Waals surface area contributed by atoms with Crippen molar-refractivity contribution in [3.05, 3.63) is 47.5 Å². The van der Waals surface area contributed by atoms with Crippen molar-refractivity contribution < 1.29 is 9.18 Å². The quantitative estimate of drug-likeness (QED) is 0.629. The maximum absolute atomic E-state index is 13.1. The zero-order chi connectivity index (χ0) is 18.0. The van der Waals surface area contributed by atoms with Crippen LogP contribution in [0, 0.1) is 18.7 Å². The Morgan fingerprint density at radius 2 is 1.96 bits per heavy atom. The first kappa shape index (κ1) is 17.5. The fourth-order valence-electron chi connectivity index (χ4n) is 2.79. The molecule has 1 atom stereocenters. The van der Waals surface area contributed by atoms with Gasteiger partial charge in [0, 0.05) is 25.2 Å². The summed E-state index contributed by atoms with van der Waals surface area (Å²) < 4.78 is 14.7. The van der Waals surface area contributed by atoms with Crippen LogP contribution in [0.2, 0.25) is 0 Å². The van der Waals surface area contributed by atoms with Crippen molar-refractivity contribution in [1.29, 1.82) is 0 Å². The van der Waals surface area contributed by atoms with E-state index in [0.717, 1.165) is 5.69 Å². The second kappa shape index (κ2) is 7.28. The molecule has 0 bridgehead atoms. The minimum absolute atomic E-state index is 0.00811. The number of hydrogen-bond acceptors (Lipinski definition) is 6. The highest BCUT2D eigenvalue weighted by Gasteiger charge is 2.24. The van der Waals surface area contributed by atoms with Gasteiger partial charge < -0.3 is 4.90 Å². The molecule has 0 saturated carbocycles. The van der Waals surface area contributed by atoms with Crippen molar-refractivity contribution in [2.45, 2.75) is 20.0 Å². The van der Waals surface area contributed by atoms with Crippen LogP contribution in [0.1, 0.15) is 23.1 Å². The van der Waals surface area contributed by atoms with Crippen molar-refractivity contribution >= 4 is 5.91 Å². The Hall–Kier alpha value is -2.33. The molecule has 0 aliphatic carbocycles. The van der Waals surface area contributed by atoms with Crippen LogP contribution in [0.5, 0.6) is 0 Å². The summed E-state index contributed by atoms with van der Waals surface area (Å²) in [5, 5.41) is 4.38. The topological polar surface area (TPSA) is 86.2 Å². The highest BCUT2D eigenvalue weighted by molar-refractivity contribution is 5.92. The summed E-state index contributed by atoms with van der Waals surface area (Å²) in [6, 6.07) is 7.74. The van der Waals surface area contributed by atoms with Crippen molar-refractivity contribution in [3.63, 3.8) is 0 Å². The molecular weight excluding hydrogens is 325 g/mol. The molecule has 9 heteroatoms. The van der Waals surface area contributed by atoms with Gasteiger partial charge >= 0.3 is 0 Å². The number of nitrogens with one attached hydrogen (secondary N) is 4. The van der Waals surface area contributed by atoms with E-state index in [4.69, 9.17) is 0 Å². The third kappa shape index (κ3) is 3.85. The van der Waals surface area contributed by atoms with Gasteiger partial charge in [-0.2, -0.15) is 16.2 Å². The van der Waals surface area contributed by atoms with E-state index < -0.39 is 0 Å². The van der Waals surface area contributed by atoms with Crippen molar-refractivity contribution in [2.24, 2.45) is 5.92 Å². The van der Waals surface area contributed by atoms with E-state index in [9.17, 15) is 9.18 Å². The summed E-state index contributed by atoms with van der Waals surface area (Å²) in [5.74, 6) is -0.303. The first-order valence-electron chi connectivity index (χ1n) is 8.05. The maximum Gasteiger partial charge on any atom is 0.274 e. The summed E-state index contributed by atoms with van der Waals surface area (Å²) in [4.78, 5) is 14.3. The summed E-state index contributed by atoms with van der Waals surface area (Å²) in [5.41, 5.74) is 13.4. The Labute approximate surface area is 145 Å². The molecule has 1 unspecified atom stereocenters. The molecule has 1 aromatic carbocycles. The predicted octanol–water partition coefficient (Wildman–Crippen LogP) is 0.471. The van der Waals surface area contributed by atoms with Gasteiger partial charge in [0.05, 0.1) is 11.9 Å². The number of aryl methyl sites for hydroxylation is 1. The highest BCUT2D eigenvalue weighted by Crippen LogP contribution is 2.14. The van der Waals surface area contributed by atoms with Crippen LogP contribution in [-0.4, -0.2) is 40.3 Å². The first-order chi connectivity index (χ1) is 12.0. The Kier molecular flexibility index (Phi) is 5.09. The Balaban J connectivity index is 1.71. The predicted molar refractivity (Wildman–Crippen MR) is 90.7 cm³/mol. The third-order valence-electron chi connectivity index (χ3n) is 4.17. The normalized spacial score (nSPS) is 16.2. The van der Waals surface area contributed by atoms with E-state index >= 15 is 0 Å². The lowest BCUT2D eigenvalue weighted by Crippen LogP contribution is -2.45. The minimum Gasteiger partial charge on any atom is -0.340 e. The first-order valence-corrected chi connectivity index (χ1v) is 8.05. The van der Waals surface area contributed by atoms with Crippen LogP contribution in [0.15, 0.2) is 30.3 Å². The van der Waals surface area contributed by atoms with Gasteiger partial charge in [-0.15, -0.1) is 0 Å². The molecule has 1 amide bonds. The maximum atomic E-state index is 13.1. The zero-order valence-corrected chi connectivity index (χ0v) is 14.4. The molecule has 1 aliphatic heterocycles. The average Bonchev–Trinajstić information content (AvgIpc) is 3.24. The van der Waals surface area contributed by atoms with Gasteiger partial charge in [0.25, 0.3) is 5.91 Å². The average molecular weight is 347 g/mol. The second-order valence-electron chi connectivity index (χ2n) is 6.24. The largest absolute Gasteiger partial charge is 0.340 e. The van der Waals surface area contributed by atoms with Crippen LogP contribution in [0.3, 0.4) is 0 Å². The Bertz CT molecular complexity index is 739. The Morgan fingerprint density at radius 3 is 2.60 bits per heavy atom. The standard InChI is InChI=1S/C16H22FN7O/c1-10(15-18-21-22-19-15)9-23(3)16(25)14-8-11(2)24(20-14)13-6-4-12(17)5-7-13/h4-8,10,15,18-19,21-22H,9H2,1-3H3. The highest BCUT2D eigenvalue weighted by atomic mass is 19.1. The molecule has 0 spiro atoms. The zero-order valence-electron chi connectivity index (χ0n) is 14.4. The summed E-state index contributed by atoms with van der Waals surface area (Å²) >= 11 is 0. The van der Waals surface area contributed by atoms with Gasteiger partial charge in [-0.3, -0.25) is 4.79 Å². The monoisotopic (exact) mass is 347 g/mol. The van der Waals surface area contributed by atoms with E-state index in [1.165, 1.54) is 12.1 Å². The fraction of sp³-hybridized carbons (Fsp3) is 0.375. The van der Waals surface area contributed by atoms with Gasteiger partial charge in [-0.25, -0.2) is 19.9 Å². The minimum atomic E-state index is -0.309. The summed E-state index contributed by atoms with van der Waals surface area (Å²) in [6.45, 7) is 4.44. The molecule has 4 N–H and O–H groups in total. The summed E-state index contributed by atoms with van der Waals surface area (Å²) in [6.07, 6.45) is 0.00811. The molecule has 1 saturated heterocycles. The van der Waals surface area contributed by atoms with Crippen molar-refractivity contribution in [1.82, 2.24) is 36.6 Å². The molecule has 1 aromatic heterocycles. The van der Waals surface area contributed by atoms with E-state index in [0.29, 0.717) is 17.9 Å². The lowest BCUT2D eigenvalue weighted by Gasteiger charge is -2.24. The molecule has 3 rings (SSSR count). The lowest BCUT2D eigenvalue weighted by atomic mass is 10.1. The van der Waals surface area contributed by atoms with Gasteiger partial charge in [0.2, 0.25) is 0 Å². The molecule has 8 nitrogen and oxygen atoms in total. The van der Waals surface area contributed by atoms with Crippen LogP contribution < -0.4 is 21.9 Å². The SMILES string of the molecule is Cc1cc(C(=O)N(C)CC(C)C2NNNN2)nn1-c1ccc(F)cc1. The molecule has 25 heavy (non-hydrogen) atoms. The van der Waals surface area contributed by atoms with Crippen LogP contribution in [0.4, 0.5) is 4.39 Å². The smallest absolute Gasteiger partial charge is 0.274 e. The third-order valence-corrected chi connectivity index (χ3v) is 4.17.